The van der Waals surface area contributed by atoms with E-state index in [1.54, 1.807) is 50.9 Å². The molecule has 1 aliphatic carbocycles. The number of aryl methyl sites for hydroxylation is 1. The van der Waals surface area contributed by atoms with E-state index in [-0.39, 0.29) is 12.3 Å². The molecular weight excluding hydrogens is 473 g/mol. The minimum Gasteiger partial charge on any atom is -0.500 e. The summed E-state index contributed by atoms with van der Waals surface area (Å²) < 4.78 is 55.8. The topological polar surface area (TPSA) is 60.0 Å². The lowest BCUT2D eigenvalue weighted by atomic mass is 9.88. The summed E-state index contributed by atoms with van der Waals surface area (Å²) >= 11 is 0. The van der Waals surface area contributed by atoms with E-state index in [1.165, 1.54) is 13.3 Å². The second-order valence-corrected chi connectivity index (χ2v) is 9.49. The molecule has 1 amide bonds. The van der Waals surface area contributed by atoms with Crippen LogP contribution in [0.4, 0.5) is 18.0 Å². The Balaban J connectivity index is 0.000000302. The molecule has 1 fully saturated rings. The molecule has 1 N–H and O–H groups in total. The van der Waals surface area contributed by atoms with E-state index in [0.29, 0.717) is 17.2 Å². The molecule has 198 valence electrons. The van der Waals surface area contributed by atoms with Crippen molar-refractivity contribution in [2.75, 3.05) is 20.7 Å². The van der Waals surface area contributed by atoms with Crippen LogP contribution in [0.2, 0.25) is 0 Å². The van der Waals surface area contributed by atoms with Crippen molar-refractivity contribution in [3.05, 3.63) is 77.0 Å². The van der Waals surface area contributed by atoms with Crippen LogP contribution in [0.1, 0.15) is 45.6 Å². The van der Waals surface area contributed by atoms with Gasteiger partial charge in [0, 0.05) is 13.2 Å². The van der Waals surface area contributed by atoms with E-state index in [4.69, 9.17) is 14.2 Å². The van der Waals surface area contributed by atoms with Crippen molar-refractivity contribution in [2.24, 2.45) is 0 Å². The van der Waals surface area contributed by atoms with Crippen molar-refractivity contribution in [2.45, 2.75) is 58.7 Å². The zero-order chi connectivity index (χ0) is 27.1. The van der Waals surface area contributed by atoms with Crippen LogP contribution >= 0.6 is 0 Å². The number of alkyl carbamates (subject to hydrolysis) is 1. The number of carbonyl (C=O) groups is 1. The highest BCUT2D eigenvalue weighted by atomic mass is 19.4. The number of alkyl halides is 3. The first kappa shape index (κ1) is 28.9. The fourth-order valence-corrected chi connectivity index (χ4v) is 3.30. The van der Waals surface area contributed by atoms with Gasteiger partial charge in [0.15, 0.2) is 5.76 Å². The SMILES string of the molecule is C=C(CNC(=O)OC(C)(C)C)OC.Cc1cccc(OC2=C(C(F)(F)F)C=CN(C)C2=C2CCC2)c1. The number of likely N-dealkylation sites (N-methyl/N-ethyl adjacent to an activating group) is 1. The van der Waals surface area contributed by atoms with E-state index in [2.05, 4.69) is 11.9 Å². The Bertz CT molecular complexity index is 1040. The lowest BCUT2D eigenvalue weighted by Gasteiger charge is -2.33. The Morgan fingerprint density at radius 3 is 2.36 bits per heavy atom. The summed E-state index contributed by atoms with van der Waals surface area (Å²) in [6, 6.07) is 7.07. The third-order valence-corrected chi connectivity index (χ3v) is 5.20. The molecule has 1 aliphatic heterocycles. The fourth-order valence-electron chi connectivity index (χ4n) is 3.30. The Morgan fingerprint density at radius 2 is 1.86 bits per heavy atom. The lowest BCUT2D eigenvalue weighted by molar-refractivity contribution is -0.0909. The number of amides is 1. The fraction of sp³-hybridized carbons (Fsp3) is 0.444. The molecule has 0 radical (unpaired) electrons. The summed E-state index contributed by atoms with van der Waals surface area (Å²) in [5.74, 6) is 0.816. The standard InChI is InChI=1S/C18H18F3NO.C9H17NO3/c1-12-5-3-8-14(11-12)23-17-15(18(19,20)21)9-10-22(2)16(17)13-6-4-7-13;1-7(12-5)6-10-8(11)13-9(2,3)4/h3,5,8-11H,4,6-7H2,1-2H3;1,6H2,2-5H3,(H,10,11). The third-order valence-electron chi connectivity index (χ3n) is 5.20. The van der Waals surface area contributed by atoms with Gasteiger partial charge in [-0.05, 0) is 76.3 Å². The van der Waals surface area contributed by atoms with Crippen molar-refractivity contribution in [3.8, 4) is 5.75 Å². The molecule has 0 atom stereocenters. The Labute approximate surface area is 211 Å². The van der Waals surface area contributed by atoms with Crippen molar-refractivity contribution in [1.82, 2.24) is 10.2 Å². The summed E-state index contributed by atoms with van der Waals surface area (Å²) in [7, 11) is 3.25. The Kier molecular flexibility index (Phi) is 9.67. The number of nitrogens with zero attached hydrogens (tertiary/aromatic N) is 1. The number of hydrogen-bond donors (Lipinski definition) is 1. The molecule has 0 aromatic heterocycles. The van der Waals surface area contributed by atoms with Crippen LogP contribution in [0.15, 0.2) is 71.5 Å². The second-order valence-electron chi connectivity index (χ2n) is 9.49. The highest BCUT2D eigenvalue weighted by Crippen LogP contribution is 2.41. The number of hydrogen-bond acceptors (Lipinski definition) is 5. The lowest BCUT2D eigenvalue weighted by Crippen LogP contribution is -2.33. The van der Waals surface area contributed by atoms with E-state index < -0.39 is 23.4 Å². The molecule has 2 aliphatic rings. The van der Waals surface area contributed by atoms with Crippen LogP contribution in [0.5, 0.6) is 5.75 Å². The van der Waals surface area contributed by atoms with Gasteiger partial charge in [0.1, 0.15) is 22.7 Å². The van der Waals surface area contributed by atoms with Gasteiger partial charge in [0.2, 0.25) is 0 Å². The first-order valence-corrected chi connectivity index (χ1v) is 11.6. The highest BCUT2D eigenvalue weighted by molar-refractivity contribution is 5.67. The van der Waals surface area contributed by atoms with Crippen molar-refractivity contribution < 1.29 is 32.2 Å². The molecule has 1 aromatic rings. The van der Waals surface area contributed by atoms with Crippen LogP contribution in [-0.2, 0) is 9.47 Å². The number of carbonyl (C=O) groups excluding carboxylic acids is 1. The number of halogens is 3. The van der Waals surface area contributed by atoms with Crippen LogP contribution in [0, 0.1) is 6.92 Å². The minimum atomic E-state index is -4.45. The van der Waals surface area contributed by atoms with Crippen LogP contribution in [0.25, 0.3) is 0 Å². The molecule has 3 rings (SSSR count). The zero-order valence-electron chi connectivity index (χ0n) is 21.7. The van der Waals surface area contributed by atoms with Crippen LogP contribution in [0.3, 0.4) is 0 Å². The molecule has 0 bridgehead atoms. The number of ether oxygens (including phenoxy) is 3. The third kappa shape index (κ3) is 8.70. The molecule has 1 heterocycles. The van der Waals surface area contributed by atoms with Gasteiger partial charge in [-0.25, -0.2) is 4.79 Å². The Morgan fingerprint density at radius 1 is 1.19 bits per heavy atom. The molecule has 36 heavy (non-hydrogen) atoms. The predicted octanol–water partition coefficient (Wildman–Crippen LogP) is 6.76. The number of benzene rings is 1. The van der Waals surface area contributed by atoms with Gasteiger partial charge in [-0.3, -0.25) is 0 Å². The van der Waals surface area contributed by atoms with E-state index in [0.717, 1.165) is 36.5 Å². The van der Waals surface area contributed by atoms with E-state index in [9.17, 15) is 18.0 Å². The molecule has 0 saturated heterocycles. The van der Waals surface area contributed by atoms with E-state index in [1.807, 2.05) is 13.0 Å². The molecule has 1 saturated carbocycles. The van der Waals surface area contributed by atoms with Crippen molar-refractivity contribution in [3.63, 3.8) is 0 Å². The normalized spacial score (nSPS) is 15.5. The Hall–Kier alpha value is -3.36. The first-order chi connectivity index (χ1) is 16.7. The maximum Gasteiger partial charge on any atom is 0.420 e. The second kappa shape index (κ2) is 12.1. The average Bonchev–Trinajstić information content (AvgIpc) is 2.71. The van der Waals surface area contributed by atoms with Gasteiger partial charge in [-0.1, -0.05) is 18.7 Å². The molecule has 9 heteroatoms. The first-order valence-electron chi connectivity index (χ1n) is 11.6. The monoisotopic (exact) mass is 508 g/mol. The minimum absolute atomic E-state index is 0.0946. The largest absolute Gasteiger partial charge is 0.500 e. The quantitative estimate of drug-likeness (QED) is 0.446. The molecule has 0 unspecified atom stereocenters. The van der Waals surface area contributed by atoms with Gasteiger partial charge < -0.3 is 24.4 Å². The summed E-state index contributed by atoms with van der Waals surface area (Å²) in [4.78, 5) is 12.8. The maximum atomic E-state index is 13.4. The molecule has 0 spiro atoms. The summed E-state index contributed by atoms with van der Waals surface area (Å²) in [5.41, 5.74) is 1.30. The summed E-state index contributed by atoms with van der Waals surface area (Å²) in [6.45, 7) is 11.1. The molecule has 1 aromatic carbocycles. The maximum absolute atomic E-state index is 13.4. The summed E-state index contributed by atoms with van der Waals surface area (Å²) in [5, 5.41) is 2.50. The van der Waals surface area contributed by atoms with Crippen LogP contribution < -0.4 is 10.1 Å². The van der Waals surface area contributed by atoms with Gasteiger partial charge in [-0.2, -0.15) is 13.2 Å². The number of methoxy groups -OCH3 is 1. The smallest absolute Gasteiger partial charge is 0.420 e. The van der Waals surface area contributed by atoms with E-state index >= 15 is 0 Å². The predicted molar refractivity (Wildman–Crippen MR) is 133 cm³/mol. The number of rotatable bonds is 5. The van der Waals surface area contributed by atoms with Gasteiger partial charge in [0.25, 0.3) is 0 Å². The van der Waals surface area contributed by atoms with Crippen LogP contribution in [-0.4, -0.2) is 43.5 Å². The van der Waals surface area contributed by atoms with Gasteiger partial charge in [0.05, 0.1) is 19.4 Å². The number of allylic oxidation sites excluding steroid dienone is 3. The number of nitrogens with one attached hydrogen (secondary N) is 1. The molecule has 6 nitrogen and oxygen atoms in total. The van der Waals surface area contributed by atoms with Crippen molar-refractivity contribution in [1.29, 1.82) is 0 Å². The zero-order valence-corrected chi connectivity index (χ0v) is 21.7. The highest BCUT2D eigenvalue weighted by Gasteiger charge is 2.40. The van der Waals surface area contributed by atoms with Crippen molar-refractivity contribution >= 4 is 6.09 Å². The molecular formula is C27H35F3N2O4. The van der Waals surface area contributed by atoms with Gasteiger partial charge >= 0.3 is 12.3 Å². The summed E-state index contributed by atoms with van der Waals surface area (Å²) in [6.07, 6.45) is 0.256. The average molecular weight is 509 g/mol. The van der Waals surface area contributed by atoms with Gasteiger partial charge in [-0.15, -0.1) is 0 Å².